The molecule has 25 heavy (non-hydrogen) atoms. The summed E-state index contributed by atoms with van der Waals surface area (Å²) in [5.41, 5.74) is 2.04. The summed E-state index contributed by atoms with van der Waals surface area (Å²) in [5, 5.41) is 4.19. The van der Waals surface area contributed by atoms with E-state index in [4.69, 9.17) is 0 Å². The van der Waals surface area contributed by atoms with Gasteiger partial charge < -0.3 is 9.80 Å². The Labute approximate surface area is 149 Å². The number of carbonyl (C=O) groups excluding carboxylic acids is 1. The molecule has 2 aromatic rings. The zero-order valence-corrected chi connectivity index (χ0v) is 15.0. The van der Waals surface area contributed by atoms with E-state index in [2.05, 4.69) is 52.3 Å². The number of nitrogens with zero attached hydrogens (tertiary/aromatic N) is 4. The molecule has 0 aliphatic carbocycles. The van der Waals surface area contributed by atoms with Gasteiger partial charge in [0.25, 0.3) is 5.91 Å². The smallest absolute Gasteiger partial charge is 0.257 e. The SMILES string of the molecule is CN1C[C@@H](c2ccccc2)[C@H]2[C@@H]1CCCCN2C(=O)c1cnn(C)c1. The number of likely N-dealkylation sites (tertiary alicyclic amines) is 2. The predicted molar refractivity (Wildman–Crippen MR) is 97.5 cm³/mol. The van der Waals surface area contributed by atoms with Gasteiger partial charge in [-0.1, -0.05) is 36.8 Å². The molecule has 1 aromatic heterocycles. The molecule has 3 atom stereocenters. The molecule has 3 heterocycles. The number of hydrogen-bond acceptors (Lipinski definition) is 3. The van der Waals surface area contributed by atoms with Crippen LogP contribution in [0, 0.1) is 0 Å². The van der Waals surface area contributed by atoms with Crippen molar-refractivity contribution in [3.63, 3.8) is 0 Å². The maximum atomic E-state index is 13.2. The lowest BCUT2D eigenvalue weighted by Crippen LogP contribution is -2.48. The van der Waals surface area contributed by atoms with Crippen LogP contribution in [0.3, 0.4) is 0 Å². The van der Waals surface area contributed by atoms with Gasteiger partial charge in [-0.2, -0.15) is 5.10 Å². The lowest BCUT2D eigenvalue weighted by Gasteiger charge is -2.35. The minimum Gasteiger partial charge on any atom is -0.333 e. The van der Waals surface area contributed by atoms with Crippen LogP contribution < -0.4 is 0 Å². The Morgan fingerprint density at radius 2 is 1.96 bits per heavy atom. The normalized spacial score (nSPS) is 27.1. The Kier molecular flexibility index (Phi) is 4.34. The highest BCUT2D eigenvalue weighted by atomic mass is 16.2. The zero-order valence-electron chi connectivity index (χ0n) is 15.0. The quantitative estimate of drug-likeness (QED) is 0.845. The van der Waals surface area contributed by atoms with E-state index in [0.29, 0.717) is 17.5 Å². The summed E-state index contributed by atoms with van der Waals surface area (Å²) in [6.45, 7) is 1.85. The molecule has 5 heteroatoms. The average Bonchev–Trinajstić information content (AvgIpc) is 3.11. The Morgan fingerprint density at radius 1 is 1.16 bits per heavy atom. The highest BCUT2D eigenvalue weighted by molar-refractivity contribution is 5.94. The monoisotopic (exact) mass is 338 g/mol. The number of carbonyl (C=O) groups is 1. The van der Waals surface area contributed by atoms with E-state index in [1.807, 2.05) is 13.2 Å². The van der Waals surface area contributed by atoms with Gasteiger partial charge >= 0.3 is 0 Å². The van der Waals surface area contributed by atoms with Crippen LogP contribution in [0.25, 0.3) is 0 Å². The molecule has 0 bridgehead atoms. The molecule has 2 aliphatic rings. The Morgan fingerprint density at radius 3 is 2.68 bits per heavy atom. The van der Waals surface area contributed by atoms with Crippen molar-refractivity contribution in [2.75, 3.05) is 20.1 Å². The number of rotatable bonds is 2. The van der Waals surface area contributed by atoms with Crippen LogP contribution in [-0.2, 0) is 7.05 Å². The first-order chi connectivity index (χ1) is 12.1. The lowest BCUT2D eigenvalue weighted by atomic mass is 9.89. The van der Waals surface area contributed by atoms with E-state index in [1.54, 1.807) is 10.9 Å². The fourth-order valence-corrected chi connectivity index (χ4v) is 4.62. The first kappa shape index (κ1) is 16.3. The largest absolute Gasteiger partial charge is 0.333 e. The highest BCUT2D eigenvalue weighted by Crippen LogP contribution is 2.39. The Balaban J connectivity index is 1.71. The summed E-state index contributed by atoms with van der Waals surface area (Å²) in [7, 11) is 4.07. The molecule has 0 radical (unpaired) electrons. The fourth-order valence-electron chi connectivity index (χ4n) is 4.62. The lowest BCUT2D eigenvalue weighted by molar-refractivity contribution is 0.0645. The highest BCUT2D eigenvalue weighted by Gasteiger charge is 2.46. The first-order valence-corrected chi connectivity index (χ1v) is 9.20. The molecule has 132 valence electrons. The summed E-state index contributed by atoms with van der Waals surface area (Å²) in [4.78, 5) is 17.8. The molecule has 1 amide bonds. The molecule has 0 saturated carbocycles. The second-order valence-corrected chi connectivity index (χ2v) is 7.41. The second-order valence-electron chi connectivity index (χ2n) is 7.41. The van der Waals surface area contributed by atoms with Crippen molar-refractivity contribution in [2.45, 2.75) is 37.3 Å². The van der Waals surface area contributed by atoms with Crippen LogP contribution in [0.1, 0.15) is 41.1 Å². The molecule has 5 nitrogen and oxygen atoms in total. The van der Waals surface area contributed by atoms with Gasteiger partial charge in [-0.25, -0.2) is 0 Å². The number of benzene rings is 1. The Hall–Kier alpha value is -2.14. The van der Waals surface area contributed by atoms with E-state index in [-0.39, 0.29) is 11.9 Å². The van der Waals surface area contributed by atoms with Gasteiger partial charge in [0.15, 0.2) is 0 Å². The van der Waals surface area contributed by atoms with Crippen LogP contribution in [0.2, 0.25) is 0 Å². The summed E-state index contributed by atoms with van der Waals surface area (Å²) in [5.74, 6) is 0.496. The zero-order chi connectivity index (χ0) is 17.4. The van der Waals surface area contributed by atoms with Gasteiger partial charge in [-0.05, 0) is 25.5 Å². The molecule has 0 unspecified atom stereocenters. The van der Waals surface area contributed by atoms with Crippen LogP contribution in [0.5, 0.6) is 0 Å². The van der Waals surface area contributed by atoms with Crippen LogP contribution in [0.15, 0.2) is 42.7 Å². The fraction of sp³-hybridized carbons (Fsp3) is 0.500. The third-order valence-corrected chi connectivity index (χ3v) is 5.81. The van der Waals surface area contributed by atoms with Gasteiger partial charge in [-0.15, -0.1) is 0 Å². The summed E-state index contributed by atoms with van der Waals surface area (Å²) in [6.07, 6.45) is 6.95. The van der Waals surface area contributed by atoms with Crippen molar-refractivity contribution in [1.29, 1.82) is 0 Å². The van der Waals surface area contributed by atoms with E-state index in [1.165, 1.54) is 18.4 Å². The van der Waals surface area contributed by atoms with Crippen molar-refractivity contribution in [3.05, 3.63) is 53.9 Å². The van der Waals surface area contributed by atoms with Gasteiger partial charge in [0.1, 0.15) is 0 Å². The molecule has 1 aromatic carbocycles. The van der Waals surface area contributed by atoms with Crippen molar-refractivity contribution in [3.8, 4) is 0 Å². The number of hydrogen-bond donors (Lipinski definition) is 0. The van der Waals surface area contributed by atoms with Gasteiger partial charge in [0.2, 0.25) is 0 Å². The average molecular weight is 338 g/mol. The van der Waals surface area contributed by atoms with Crippen LogP contribution in [0.4, 0.5) is 0 Å². The van der Waals surface area contributed by atoms with Crippen molar-refractivity contribution >= 4 is 5.91 Å². The maximum Gasteiger partial charge on any atom is 0.257 e. The molecule has 0 spiro atoms. The molecular weight excluding hydrogens is 312 g/mol. The van der Waals surface area contributed by atoms with Crippen molar-refractivity contribution in [2.24, 2.45) is 7.05 Å². The molecular formula is C20H26N4O. The molecule has 2 fully saturated rings. The van der Waals surface area contributed by atoms with Crippen molar-refractivity contribution in [1.82, 2.24) is 19.6 Å². The minimum absolute atomic E-state index is 0.126. The number of amides is 1. The van der Waals surface area contributed by atoms with E-state index in [0.717, 1.165) is 19.5 Å². The summed E-state index contributed by atoms with van der Waals surface area (Å²) in [6, 6.07) is 11.4. The van der Waals surface area contributed by atoms with Crippen LogP contribution >= 0.6 is 0 Å². The molecule has 2 saturated heterocycles. The van der Waals surface area contributed by atoms with Crippen LogP contribution in [-0.4, -0.2) is 57.7 Å². The van der Waals surface area contributed by atoms with E-state index in [9.17, 15) is 4.79 Å². The topological polar surface area (TPSA) is 41.4 Å². The van der Waals surface area contributed by atoms with Gasteiger partial charge in [-0.3, -0.25) is 9.48 Å². The summed E-state index contributed by atoms with van der Waals surface area (Å²) >= 11 is 0. The van der Waals surface area contributed by atoms with Gasteiger partial charge in [0, 0.05) is 38.3 Å². The summed E-state index contributed by atoms with van der Waals surface area (Å²) < 4.78 is 1.71. The maximum absolute atomic E-state index is 13.2. The minimum atomic E-state index is 0.126. The molecule has 0 N–H and O–H groups in total. The predicted octanol–water partition coefficient (Wildman–Crippen LogP) is 2.51. The first-order valence-electron chi connectivity index (χ1n) is 9.20. The van der Waals surface area contributed by atoms with E-state index >= 15 is 0 Å². The van der Waals surface area contributed by atoms with Crippen molar-refractivity contribution < 1.29 is 4.79 Å². The molecule has 2 aliphatic heterocycles. The number of aryl methyl sites for hydroxylation is 1. The van der Waals surface area contributed by atoms with Gasteiger partial charge in [0.05, 0.1) is 17.8 Å². The third kappa shape index (κ3) is 2.97. The number of likely N-dealkylation sites (N-methyl/N-ethyl adjacent to an activating group) is 1. The standard InChI is InChI=1S/C20H26N4O/c1-22-14-17(15-8-4-3-5-9-15)19-18(22)10-6-7-11-24(19)20(25)16-12-21-23(2)13-16/h3-5,8-9,12-13,17-19H,6-7,10-11,14H2,1-2H3/t17-,18-,19-/m0/s1. The number of fused-ring (bicyclic) bond motifs is 1. The second kappa shape index (κ2) is 6.64. The third-order valence-electron chi connectivity index (χ3n) is 5.81. The number of aromatic nitrogens is 2. The Bertz CT molecular complexity index is 741. The molecule has 4 rings (SSSR count). The van der Waals surface area contributed by atoms with E-state index < -0.39 is 0 Å².